The molecule has 0 aliphatic carbocycles. The molecular weight excluding hydrogens is 400 g/mol. The van der Waals surface area contributed by atoms with E-state index in [1.54, 1.807) is 37.3 Å². The Hall–Kier alpha value is -3.08. The van der Waals surface area contributed by atoms with E-state index in [0.29, 0.717) is 17.8 Å². The molecule has 1 unspecified atom stereocenters. The van der Waals surface area contributed by atoms with E-state index in [1.165, 1.54) is 0 Å². The summed E-state index contributed by atoms with van der Waals surface area (Å²) in [5.74, 6) is -2.98. The van der Waals surface area contributed by atoms with Gasteiger partial charge < -0.3 is 15.6 Å². The maximum absolute atomic E-state index is 12.5. The first-order valence-corrected chi connectivity index (χ1v) is 10.7. The molecule has 156 valence electrons. The Morgan fingerprint density at radius 2 is 1.90 bits per heavy atom. The number of aryl methyl sites for hydroxylation is 1. The minimum Gasteiger partial charge on any atom is -0.370 e. The van der Waals surface area contributed by atoms with E-state index in [2.05, 4.69) is 15.5 Å². The summed E-state index contributed by atoms with van der Waals surface area (Å²) in [4.78, 5) is 39.8. The third-order valence-electron chi connectivity index (χ3n) is 3.92. The van der Waals surface area contributed by atoms with Gasteiger partial charge in [0.2, 0.25) is 17.6 Å². The number of Topliss-reactive ketones (excluding diaryl/α,β-unsaturated/α-hetero) is 1. The van der Waals surface area contributed by atoms with Crippen LogP contribution in [0.4, 0.5) is 0 Å². The van der Waals surface area contributed by atoms with Crippen molar-refractivity contribution in [2.24, 2.45) is 5.73 Å². The Balaban J connectivity index is 1.98. The fraction of sp³-hybridized carbons (Fsp3) is 0.389. The van der Waals surface area contributed by atoms with E-state index in [0.717, 1.165) is 0 Å². The second kappa shape index (κ2) is 9.92. The second-order valence-electron chi connectivity index (χ2n) is 6.35. The van der Waals surface area contributed by atoms with Crippen LogP contribution in [-0.4, -0.2) is 48.0 Å². The SMILES string of the molecule is CCc1noc(C(=O)C(CC(N)=O)NC(=O)CCS(=O)(=O)Cc2ccccc2)n1. The first kappa shape index (κ1) is 22.2. The number of amides is 2. The van der Waals surface area contributed by atoms with E-state index >= 15 is 0 Å². The highest BCUT2D eigenvalue weighted by atomic mass is 32.2. The van der Waals surface area contributed by atoms with Crippen LogP contribution in [0.1, 0.15) is 41.8 Å². The van der Waals surface area contributed by atoms with Gasteiger partial charge in [-0.15, -0.1) is 0 Å². The van der Waals surface area contributed by atoms with Gasteiger partial charge in [0.1, 0.15) is 6.04 Å². The molecule has 3 N–H and O–H groups in total. The molecule has 29 heavy (non-hydrogen) atoms. The summed E-state index contributed by atoms with van der Waals surface area (Å²) in [5.41, 5.74) is 5.75. The number of carbonyl (C=O) groups excluding carboxylic acids is 3. The Bertz CT molecular complexity index is 971. The summed E-state index contributed by atoms with van der Waals surface area (Å²) >= 11 is 0. The van der Waals surface area contributed by atoms with Crippen LogP contribution in [0.2, 0.25) is 0 Å². The van der Waals surface area contributed by atoms with Crippen LogP contribution in [0, 0.1) is 0 Å². The van der Waals surface area contributed by atoms with E-state index in [-0.39, 0.29) is 18.1 Å². The van der Waals surface area contributed by atoms with Gasteiger partial charge in [-0.3, -0.25) is 14.4 Å². The highest BCUT2D eigenvalue weighted by Crippen LogP contribution is 2.09. The summed E-state index contributed by atoms with van der Waals surface area (Å²) < 4.78 is 29.2. The van der Waals surface area contributed by atoms with E-state index in [1.807, 2.05) is 0 Å². The highest BCUT2D eigenvalue weighted by Gasteiger charge is 2.29. The van der Waals surface area contributed by atoms with Gasteiger partial charge in [-0.2, -0.15) is 4.98 Å². The molecule has 1 atom stereocenters. The van der Waals surface area contributed by atoms with Gasteiger partial charge in [-0.05, 0) is 5.56 Å². The van der Waals surface area contributed by atoms with Crippen molar-refractivity contribution < 1.29 is 27.3 Å². The molecule has 2 amide bonds. The summed E-state index contributed by atoms with van der Waals surface area (Å²) in [6, 6.07) is 7.24. The van der Waals surface area contributed by atoms with Crippen molar-refractivity contribution in [1.29, 1.82) is 0 Å². The number of hydrogen-bond acceptors (Lipinski definition) is 8. The fourth-order valence-corrected chi connectivity index (χ4v) is 3.81. The summed E-state index contributed by atoms with van der Waals surface area (Å²) in [7, 11) is -3.54. The van der Waals surface area contributed by atoms with Gasteiger partial charge >= 0.3 is 0 Å². The molecule has 1 aromatic heterocycles. The molecule has 11 heteroatoms. The molecule has 0 saturated carbocycles. The zero-order valence-electron chi connectivity index (χ0n) is 15.8. The van der Waals surface area contributed by atoms with Crippen molar-refractivity contribution in [2.45, 2.75) is 38.0 Å². The minimum atomic E-state index is -3.54. The summed E-state index contributed by atoms with van der Waals surface area (Å²) in [6.45, 7) is 1.76. The third kappa shape index (κ3) is 7.11. The normalized spacial score (nSPS) is 12.3. The first-order valence-electron chi connectivity index (χ1n) is 8.89. The topological polar surface area (TPSA) is 162 Å². The predicted molar refractivity (Wildman–Crippen MR) is 102 cm³/mol. The lowest BCUT2D eigenvalue weighted by Crippen LogP contribution is -2.44. The minimum absolute atomic E-state index is 0.202. The maximum Gasteiger partial charge on any atom is 0.296 e. The zero-order chi connectivity index (χ0) is 21.4. The molecule has 0 aliphatic rings. The smallest absolute Gasteiger partial charge is 0.296 e. The van der Waals surface area contributed by atoms with Crippen molar-refractivity contribution in [3.05, 3.63) is 47.6 Å². The standard InChI is InChI=1S/C18H22N4O6S/c1-2-15-21-18(28-22-15)17(25)13(10-14(19)23)20-16(24)8-9-29(26,27)11-12-6-4-3-5-7-12/h3-7,13H,2,8-11H2,1H3,(H2,19,23)(H,20,24). The van der Waals surface area contributed by atoms with Crippen molar-refractivity contribution >= 4 is 27.4 Å². The Morgan fingerprint density at radius 1 is 1.21 bits per heavy atom. The third-order valence-corrected chi connectivity index (χ3v) is 5.52. The van der Waals surface area contributed by atoms with Gasteiger partial charge in [0.15, 0.2) is 15.7 Å². The molecule has 1 heterocycles. The average Bonchev–Trinajstić information content (AvgIpc) is 3.15. The Kier molecular flexibility index (Phi) is 7.59. The average molecular weight is 422 g/mol. The number of carbonyl (C=O) groups is 3. The molecule has 0 saturated heterocycles. The van der Waals surface area contributed by atoms with Crippen molar-refractivity contribution in [1.82, 2.24) is 15.5 Å². The number of sulfone groups is 1. The first-order chi connectivity index (χ1) is 13.7. The van der Waals surface area contributed by atoms with Gasteiger partial charge in [0, 0.05) is 12.8 Å². The lowest BCUT2D eigenvalue weighted by molar-refractivity contribution is -0.122. The Morgan fingerprint density at radius 3 is 2.48 bits per heavy atom. The highest BCUT2D eigenvalue weighted by molar-refractivity contribution is 7.90. The number of hydrogen-bond donors (Lipinski definition) is 2. The van der Waals surface area contributed by atoms with Gasteiger partial charge in [-0.1, -0.05) is 42.4 Å². The van der Waals surface area contributed by atoms with Crippen molar-refractivity contribution in [3.63, 3.8) is 0 Å². The number of nitrogens with zero attached hydrogens (tertiary/aromatic N) is 2. The molecule has 0 spiro atoms. The Labute approximate surface area is 167 Å². The predicted octanol–water partition coefficient (Wildman–Crippen LogP) is 0.180. The lowest BCUT2D eigenvalue weighted by atomic mass is 10.1. The molecule has 10 nitrogen and oxygen atoms in total. The number of benzene rings is 1. The molecule has 0 fully saturated rings. The number of ketones is 1. The largest absolute Gasteiger partial charge is 0.370 e. The van der Waals surface area contributed by atoms with Crippen LogP contribution >= 0.6 is 0 Å². The molecule has 1 aromatic carbocycles. The molecular formula is C18H22N4O6S. The molecule has 2 aromatic rings. The number of rotatable bonds is 11. The summed E-state index contributed by atoms with van der Waals surface area (Å²) in [5, 5.41) is 5.92. The van der Waals surface area contributed by atoms with Crippen LogP contribution in [0.5, 0.6) is 0 Å². The quantitative estimate of drug-likeness (QED) is 0.484. The lowest BCUT2D eigenvalue weighted by Gasteiger charge is -2.14. The number of aromatic nitrogens is 2. The number of nitrogens with two attached hydrogens (primary N) is 1. The van der Waals surface area contributed by atoms with Gasteiger partial charge in [0.25, 0.3) is 5.89 Å². The van der Waals surface area contributed by atoms with Gasteiger partial charge in [0.05, 0.1) is 17.9 Å². The van der Waals surface area contributed by atoms with Crippen molar-refractivity contribution in [3.8, 4) is 0 Å². The van der Waals surface area contributed by atoms with E-state index in [9.17, 15) is 22.8 Å². The second-order valence-corrected chi connectivity index (χ2v) is 8.54. The van der Waals surface area contributed by atoms with Crippen LogP contribution in [0.25, 0.3) is 0 Å². The van der Waals surface area contributed by atoms with Crippen LogP contribution in [-0.2, 0) is 31.6 Å². The molecule has 0 radical (unpaired) electrons. The molecule has 0 aliphatic heterocycles. The number of primary amides is 1. The van der Waals surface area contributed by atoms with Crippen LogP contribution in [0.3, 0.4) is 0 Å². The van der Waals surface area contributed by atoms with Gasteiger partial charge in [-0.25, -0.2) is 8.42 Å². The monoisotopic (exact) mass is 422 g/mol. The van der Waals surface area contributed by atoms with Crippen molar-refractivity contribution in [2.75, 3.05) is 5.75 Å². The van der Waals surface area contributed by atoms with E-state index < -0.39 is 45.7 Å². The molecule has 2 rings (SSSR count). The number of nitrogens with one attached hydrogen (secondary N) is 1. The maximum atomic E-state index is 12.5. The molecule has 0 bridgehead atoms. The summed E-state index contributed by atoms with van der Waals surface area (Å²) in [6.07, 6.45) is -0.421. The fourth-order valence-electron chi connectivity index (χ4n) is 2.47. The zero-order valence-corrected chi connectivity index (χ0v) is 16.6. The van der Waals surface area contributed by atoms with Crippen LogP contribution < -0.4 is 11.1 Å². The van der Waals surface area contributed by atoms with Crippen LogP contribution in [0.15, 0.2) is 34.9 Å². The van der Waals surface area contributed by atoms with E-state index in [4.69, 9.17) is 10.3 Å².